The molecule has 0 saturated carbocycles. The molecule has 0 aliphatic carbocycles. The van der Waals surface area contributed by atoms with Gasteiger partial charge < -0.3 is 29.6 Å². The number of aliphatic carboxylic acids is 1. The molecule has 3 heterocycles. The first-order valence-electron chi connectivity index (χ1n) is 14.5. The molecular formula is C32H34N3NaO8S. The molecule has 5 rings (SSSR count). The van der Waals surface area contributed by atoms with E-state index in [1.807, 2.05) is 59.5 Å². The van der Waals surface area contributed by atoms with Crippen LogP contribution in [0.15, 0.2) is 65.9 Å². The zero-order valence-corrected chi connectivity index (χ0v) is 28.3. The molecule has 4 atom stereocenters. The molecule has 13 heteroatoms. The van der Waals surface area contributed by atoms with Gasteiger partial charge in [-0.3, -0.25) is 24.1 Å². The number of hydrogen-bond donors (Lipinski definition) is 1. The first kappa shape index (κ1) is 34.6. The van der Waals surface area contributed by atoms with Crippen LogP contribution >= 0.6 is 11.8 Å². The number of nitrogens with one attached hydrogen (secondary N) is 1. The van der Waals surface area contributed by atoms with Crippen molar-refractivity contribution in [1.82, 2.24) is 10.2 Å². The molecule has 45 heavy (non-hydrogen) atoms. The molecule has 2 saturated heterocycles. The van der Waals surface area contributed by atoms with Gasteiger partial charge in [0, 0.05) is 30.4 Å². The van der Waals surface area contributed by atoms with Crippen molar-refractivity contribution in [2.24, 2.45) is 5.92 Å². The number of anilines is 1. The van der Waals surface area contributed by atoms with E-state index in [9.17, 15) is 29.1 Å². The Morgan fingerprint density at radius 3 is 2.33 bits per heavy atom. The number of esters is 1. The summed E-state index contributed by atoms with van der Waals surface area (Å²) in [6.07, 6.45) is 2.99. The van der Waals surface area contributed by atoms with E-state index >= 15 is 0 Å². The average molecular weight is 644 g/mol. The summed E-state index contributed by atoms with van der Waals surface area (Å²) in [5.74, 6) is -2.05. The number of methoxy groups -OCH3 is 1. The Balaban J connectivity index is 0.00000461. The van der Waals surface area contributed by atoms with Crippen LogP contribution in [-0.2, 0) is 28.7 Å². The van der Waals surface area contributed by atoms with Crippen LogP contribution < -0.4 is 49.6 Å². The molecule has 0 spiro atoms. The van der Waals surface area contributed by atoms with E-state index in [2.05, 4.69) is 5.32 Å². The second-order valence-corrected chi connectivity index (χ2v) is 12.0. The quantitative estimate of drug-likeness (QED) is 0.130. The molecule has 2 fully saturated rings. The standard InChI is InChI=1S/C32H35N3O8S.Na/c1-19(36)43-17-21-18-44-31-26(30(39)35(31)28(21)32(40)41)33-25(37)12-8-4-7-11-24-27(20-9-5-3-6-10-20)34(29(24)38)22-13-15-23(42-2)16-14-22;/h3,5-6,9-10,13-16,24,26-27,31H,4,7-8,11-12,17-18H2,1-2H3,(H,33,37)(H,40,41);/q;+1/p-1/t24?,26-,27?,31-;/m1./s1. The molecule has 11 nitrogen and oxygen atoms in total. The van der Waals surface area contributed by atoms with Crippen LogP contribution in [0.3, 0.4) is 0 Å². The van der Waals surface area contributed by atoms with Crippen LogP contribution in [0.1, 0.15) is 50.6 Å². The fraction of sp³-hybridized carbons (Fsp3) is 0.406. The topological polar surface area (TPSA) is 145 Å². The van der Waals surface area contributed by atoms with E-state index in [1.54, 1.807) is 7.11 Å². The molecule has 0 aromatic heterocycles. The number of carbonyl (C=O) groups excluding carboxylic acids is 5. The van der Waals surface area contributed by atoms with Gasteiger partial charge in [0.2, 0.25) is 11.8 Å². The molecule has 232 valence electrons. The zero-order chi connectivity index (χ0) is 31.4. The van der Waals surface area contributed by atoms with Gasteiger partial charge in [0.1, 0.15) is 23.8 Å². The van der Waals surface area contributed by atoms with E-state index < -0.39 is 29.3 Å². The summed E-state index contributed by atoms with van der Waals surface area (Å²) in [5.41, 5.74) is 1.88. The number of amides is 3. The van der Waals surface area contributed by atoms with Crippen molar-refractivity contribution >= 4 is 47.1 Å². The summed E-state index contributed by atoms with van der Waals surface area (Å²) in [7, 11) is 1.60. The van der Waals surface area contributed by atoms with Crippen LogP contribution in [0.2, 0.25) is 0 Å². The van der Waals surface area contributed by atoms with Crippen LogP contribution in [0, 0.1) is 5.92 Å². The van der Waals surface area contributed by atoms with E-state index in [0.29, 0.717) is 12.8 Å². The van der Waals surface area contributed by atoms with E-state index in [0.717, 1.165) is 34.7 Å². The monoisotopic (exact) mass is 643 g/mol. The summed E-state index contributed by atoms with van der Waals surface area (Å²) < 4.78 is 10.2. The Kier molecular flexibility index (Phi) is 11.8. The minimum absolute atomic E-state index is 0. The molecule has 0 bridgehead atoms. The van der Waals surface area contributed by atoms with Gasteiger partial charge in [-0.1, -0.05) is 43.2 Å². The summed E-state index contributed by atoms with van der Waals surface area (Å²) in [4.78, 5) is 64.5. The van der Waals surface area contributed by atoms with Crippen molar-refractivity contribution in [2.75, 3.05) is 24.4 Å². The number of thioether (sulfide) groups is 1. The number of carboxylic acids is 1. The van der Waals surface area contributed by atoms with Gasteiger partial charge in [-0.25, -0.2) is 0 Å². The van der Waals surface area contributed by atoms with Crippen molar-refractivity contribution in [3.8, 4) is 5.75 Å². The summed E-state index contributed by atoms with van der Waals surface area (Å²) in [6.45, 7) is 0.974. The number of ether oxygens (including phenoxy) is 2. The third-order valence-electron chi connectivity index (χ3n) is 8.13. The van der Waals surface area contributed by atoms with Crippen LogP contribution in [0.4, 0.5) is 5.69 Å². The van der Waals surface area contributed by atoms with E-state index in [1.165, 1.54) is 18.7 Å². The molecule has 2 unspecified atom stereocenters. The summed E-state index contributed by atoms with van der Waals surface area (Å²) in [6, 6.07) is 16.5. The normalized spacial score (nSPS) is 22.0. The molecule has 3 aliphatic rings. The first-order chi connectivity index (χ1) is 21.2. The van der Waals surface area contributed by atoms with Crippen molar-refractivity contribution < 1.29 is 68.1 Å². The largest absolute Gasteiger partial charge is 1.00 e. The molecule has 2 aromatic rings. The first-order valence-corrected chi connectivity index (χ1v) is 15.6. The predicted molar refractivity (Wildman–Crippen MR) is 160 cm³/mol. The van der Waals surface area contributed by atoms with Crippen molar-refractivity contribution in [2.45, 2.75) is 56.5 Å². The molecule has 3 amide bonds. The Morgan fingerprint density at radius 1 is 0.978 bits per heavy atom. The zero-order valence-electron chi connectivity index (χ0n) is 25.5. The van der Waals surface area contributed by atoms with E-state index in [-0.39, 0.29) is 83.4 Å². The number of β-lactam (4-membered cyclic amide) rings is 2. The van der Waals surface area contributed by atoms with Gasteiger partial charge in [-0.15, -0.1) is 11.8 Å². The van der Waals surface area contributed by atoms with Gasteiger partial charge in [0.15, 0.2) is 0 Å². The number of hydrogen-bond acceptors (Lipinski definition) is 9. The van der Waals surface area contributed by atoms with Crippen molar-refractivity contribution in [1.29, 1.82) is 0 Å². The maximum atomic E-state index is 13.3. The van der Waals surface area contributed by atoms with Gasteiger partial charge in [-0.05, 0) is 42.7 Å². The maximum Gasteiger partial charge on any atom is 1.00 e. The number of fused-ring (bicyclic) bond motifs is 1. The van der Waals surface area contributed by atoms with Crippen molar-refractivity contribution in [3.05, 3.63) is 71.4 Å². The SMILES string of the molecule is COc1ccc(N2C(=O)C(CCCCCC(=O)N[C@@H]3C(=O)N4C(C(=O)[O-])=C(COC(C)=O)CS[C@H]34)C2c2ccccc2)cc1.[Na+]. The third kappa shape index (κ3) is 7.40. The van der Waals surface area contributed by atoms with Crippen LogP contribution in [0.25, 0.3) is 0 Å². The van der Waals surface area contributed by atoms with Gasteiger partial charge in [-0.2, -0.15) is 0 Å². The average Bonchev–Trinajstić information content (AvgIpc) is 3.02. The Bertz CT molecular complexity index is 1470. The van der Waals surface area contributed by atoms with Crippen LogP contribution in [-0.4, -0.2) is 65.4 Å². The van der Waals surface area contributed by atoms with Gasteiger partial charge in [0.05, 0.1) is 30.7 Å². The Morgan fingerprint density at radius 2 is 1.69 bits per heavy atom. The number of unbranched alkanes of at least 4 members (excludes halogenated alkanes) is 2. The molecule has 1 N–H and O–H groups in total. The fourth-order valence-electron chi connectivity index (χ4n) is 5.94. The minimum Gasteiger partial charge on any atom is -0.543 e. The smallest absolute Gasteiger partial charge is 0.543 e. The number of benzene rings is 2. The second-order valence-electron chi connectivity index (χ2n) is 10.9. The fourth-order valence-corrected chi connectivity index (χ4v) is 7.26. The van der Waals surface area contributed by atoms with Gasteiger partial charge in [0.25, 0.3) is 5.91 Å². The molecule has 2 aromatic carbocycles. The molecule has 3 aliphatic heterocycles. The van der Waals surface area contributed by atoms with Crippen molar-refractivity contribution in [3.63, 3.8) is 0 Å². The molecule has 0 radical (unpaired) electrons. The number of rotatable bonds is 13. The Hall–Kier alpha value is -3.32. The molecular weight excluding hydrogens is 609 g/mol. The minimum atomic E-state index is -1.53. The third-order valence-corrected chi connectivity index (χ3v) is 9.47. The number of carbonyl (C=O) groups is 5. The Labute approximate surface area is 288 Å². The van der Waals surface area contributed by atoms with Crippen LogP contribution in [0.5, 0.6) is 5.75 Å². The maximum absolute atomic E-state index is 13.3. The second kappa shape index (κ2) is 15.3. The van der Waals surface area contributed by atoms with Gasteiger partial charge >= 0.3 is 35.5 Å². The summed E-state index contributed by atoms with van der Waals surface area (Å²) >= 11 is 1.30. The van der Waals surface area contributed by atoms with E-state index in [4.69, 9.17) is 9.47 Å². The summed E-state index contributed by atoms with van der Waals surface area (Å²) in [5, 5.41) is 13.9. The number of carboxylic acid groups (broad SMARTS) is 1. The predicted octanol–water partition coefficient (Wildman–Crippen LogP) is -0.679. The number of nitrogens with zero attached hydrogens (tertiary/aromatic N) is 2.